The number of nitrogens with zero attached hydrogens (tertiary/aromatic N) is 4. The third-order valence-corrected chi connectivity index (χ3v) is 5.22. The van der Waals surface area contributed by atoms with Crippen molar-refractivity contribution in [2.75, 3.05) is 26.2 Å². The fourth-order valence-electron chi connectivity index (χ4n) is 3.60. The van der Waals surface area contributed by atoms with E-state index in [1.165, 1.54) is 34.5 Å². The highest BCUT2D eigenvalue weighted by atomic mass is 19.1. The highest BCUT2D eigenvalue weighted by molar-refractivity contribution is 5.92. The molecule has 0 aliphatic carbocycles. The van der Waals surface area contributed by atoms with E-state index < -0.39 is 0 Å². The van der Waals surface area contributed by atoms with E-state index in [1.807, 2.05) is 18.2 Å². The molecular weight excluding hydrogens is 383 g/mol. The third-order valence-electron chi connectivity index (χ3n) is 5.22. The van der Waals surface area contributed by atoms with Gasteiger partial charge in [-0.25, -0.2) is 9.07 Å². The second kappa shape index (κ2) is 9.00. The van der Waals surface area contributed by atoms with Crippen molar-refractivity contribution >= 4 is 5.91 Å². The SMILES string of the molecule is O=C(c1ccc(=O)n(Cc2cccc(F)c2)n1)N1CCN(Cc2ccccc2)CC1. The molecule has 0 bridgehead atoms. The maximum absolute atomic E-state index is 13.4. The van der Waals surface area contributed by atoms with Crippen LogP contribution < -0.4 is 5.56 Å². The largest absolute Gasteiger partial charge is 0.335 e. The molecule has 30 heavy (non-hydrogen) atoms. The molecule has 2 heterocycles. The number of carbonyl (C=O) groups is 1. The Hall–Kier alpha value is -3.32. The van der Waals surface area contributed by atoms with Crippen LogP contribution in [0.1, 0.15) is 21.6 Å². The van der Waals surface area contributed by atoms with E-state index in [2.05, 4.69) is 22.1 Å². The number of benzene rings is 2. The van der Waals surface area contributed by atoms with Crippen molar-refractivity contribution < 1.29 is 9.18 Å². The zero-order valence-electron chi connectivity index (χ0n) is 16.6. The molecule has 0 N–H and O–H groups in total. The molecule has 6 nitrogen and oxygen atoms in total. The van der Waals surface area contributed by atoms with Gasteiger partial charge in [-0.15, -0.1) is 0 Å². The van der Waals surface area contributed by atoms with Gasteiger partial charge in [0.05, 0.1) is 6.54 Å². The quantitative estimate of drug-likeness (QED) is 0.653. The van der Waals surface area contributed by atoms with Crippen LogP contribution in [0.15, 0.2) is 71.5 Å². The molecule has 7 heteroatoms. The van der Waals surface area contributed by atoms with E-state index in [9.17, 15) is 14.0 Å². The number of hydrogen-bond acceptors (Lipinski definition) is 4. The van der Waals surface area contributed by atoms with Crippen LogP contribution in [-0.4, -0.2) is 51.7 Å². The van der Waals surface area contributed by atoms with E-state index in [-0.39, 0.29) is 29.5 Å². The number of aromatic nitrogens is 2. The zero-order chi connectivity index (χ0) is 20.9. The van der Waals surface area contributed by atoms with E-state index in [0.717, 1.165) is 19.6 Å². The van der Waals surface area contributed by atoms with Gasteiger partial charge in [0.25, 0.3) is 11.5 Å². The van der Waals surface area contributed by atoms with E-state index in [4.69, 9.17) is 0 Å². The van der Waals surface area contributed by atoms with Crippen molar-refractivity contribution in [1.82, 2.24) is 19.6 Å². The first kappa shape index (κ1) is 20.0. The van der Waals surface area contributed by atoms with Gasteiger partial charge in [0.15, 0.2) is 0 Å². The van der Waals surface area contributed by atoms with Crippen LogP contribution in [0.25, 0.3) is 0 Å². The van der Waals surface area contributed by atoms with Gasteiger partial charge in [-0.05, 0) is 29.3 Å². The van der Waals surface area contributed by atoms with Crippen LogP contribution in [0.5, 0.6) is 0 Å². The standard InChI is InChI=1S/C23H23FN4O2/c24-20-8-4-7-19(15-20)17-28-22(29)10-9-21(25-28)23(30)27-13-11-26(12-14-27)16-18-5-2-1-3-6-18/h1-10,15H,11-14,16-17H2. The normalized spacial score (nSPS) is 14.6. The van der Waals surface area contributed by atoms with Gasteiger partial charge in [-0.3, -0.25) is 14.5 Å². The summed E-state index contributed by atoms with van der Waals surface area (Å²) in [5.41, 5.74) is 1.76. The van der Waals surface area contributed by atoms with Gasteiger partial charge in [0, 0.05) is 38.8 Å². The molecule has 0 spiro atoms. The Morgan fingerprint density at radius 3 is 2.33 bits per heavy atom. The van der Waals surface area contributed by atoms with Gasteiger partial charge in [0.2, 0.25) is 0 Å². The summed E-state index contributed by atoms with van der Waals surface area (Å²) in [4.78, 5) is 29.1. The molecule has 4 rings (SSSR count). The minimum absolute atomic E-state index is 0.114. The third kappa shape index (κ3) is 4.80. The van der Waals surface area contributed by atoms with Gasteiger partial charge < -0.3 is 4.90 Å². The predicted octanol–water partition coefficient (Wildman–Crippen LogP) is 2.39. The average Bonchev–Trinajstić information content (AvgIpc) is 2.76. The lowest BCUT2D eigenvalue weighted by Crippen LogP contribution is -2.48. The van der Waals surface area contributed by atoms with Gasteiger partial charge in [0.1, 0.15) is 11.5 Å². The Morgan fingerprint density at radius 1 is 0.867 bits per heavy atom. The van der Waals surface area contributed by atoms with Crippen LogP contribution >= 0.6 is 0 Å². The van der Waals surface area contributed by atoms with Crippen molar-refractivity contribution in [3.8, 4) is 0 Å². The fraction of sp³-hybridized carbons (Fsp3) is 0.261. The monoisotopic (exact) mass is 406 g/mol. The number of amides is 1. The van der Waals surface area contributed by atoms with Crippen molar-refractivity contribution in [1.29, 1.82) is 0 Å². The summed E-state index contributed by atoms with van der Waals surface area (Å²) in [5.74, 6) is -0.566. The first-order valence-corrected chi connectivity index (χ1v) is 9.97. The Bertz CT molecular complexity index is 1080. The second-order valence-electron chi connectivity index (χ2n) is 7.40. The van der Waals surface area contributed by atoms with Crippen LogP contribution in [-0.2, 0) is 13.1 Å². The summed E-state index contributed by atoms with van der Waals surface area (Å²) >= 11 is 0. The molecule has 0 unspecified atom stereocenters. The molecule has 154 valence electrons. The number of piperazine rings is 1. The lowest BCUT2D eigenvalue weighted by molar-refractivity contribution is 0.0620. The second-order valence-corrected chi connectivity index (χ2v) is 7.40. The highest BCUT2D eigenvalue weighted by Gasteiger charge is 2.23. The summed E-state index contributed by atoms with van der Waals surface area (Å²) in [5, 5.41) is 4.24. The lowest BCUT2D eigenvalue weighted by atomic mass is 10.2. The summed E-state index contributed by atoms with van der Waals surface area (Å²) in [6, 6.07) is 19.1. The summed E-state index contributed by atoms with van der Waals surface area (Å²) in [6.07, 6.45) is 0. The smallest absolute Gasteiger partial charge is 0.274 e. The minimum Gasteiger partial charge on any atom is -0.335 e. The molecule has 0 radical (unpaired) electrons. The van der Waals surface area contributed by atoms with Crippen LogP contribution in [0.3, 0.4) is 0 Å². The molecule has 1 aliphatic heterocycles. The van der Waals surface area contributed by atoms with Gasteiger partial charge in [-0.2, -0.15) is 5.10 Å². The van der Waals surface area contributed by atoms with Crippen LogP contribution in [0.2, 0.25) is 0 Å². The minimum atomic E-state index is -0.374. The number of carbonyl (C=O) groups excluding carboxylic acids is 1. The average molecular weight is 406 g/mol. The number of hydrogen-bond donors (Lipinski definition) is 0. The number of rotatable bonds is 5. The van der Waals surface area contributed by atoms with Crippen molar-refractivity contribution in [3.63, 3.8) is 0 Å². The summed E-state index contributed by atoms with van der Waals surface area (Å²) in [6.45, 7) is 3.75. The molecule has 0 atom stereocenters. The van der Waals surface area contributed by atoms with E-state index >= 15 is 0 Å². The molecular formula is C23H23FN4O2. The fourth-order valence-corrected chi connectivity index (χ4v) is 3.60. The van der Waals surface area contributed by atoms with Crippen LogP contribution in [0.4, 0.5) is 4.39 Å². The first-order valence-electron chi connectivity index (χ1n) is 9.97. The molecule has 2 aromatic carbocycles. The van der Waals surface area contributed by atoms with Gasteiger partial charge in [-0.1, -0.05) is 42.5 Å². The van der Waals surface area contributed by atoms with Crippen molar-refractivity contribution in [2.24, 2.45) is 0 Å². The van der Waals surface area contributed by atoms with E-state index in [1.54, 1.807) is 17.0 Å². The Balaban J connectivity index is 1.41. The topological polar surface area (TPSA) is 58.4 Å². The summed E-state index contributed by atoms with van der Waals surface area (Å²) in [7, 11) is 0. The summed E-state index contributed by atoms with van der Waals surface area (Å²) < 4.78 is 14.6. The molecule has 1 saturated heterocycles. The van der Waals surface area contributed by atoms with E-state index in [0.29, 0.717) is 18.7 Å². The first-order chi connectivity index (χ1) is 14.6. The zero-order valence-corrected chi connectivity index (χ0v) is 16.6. The molecule has 1 aromatic heterocycles. The molecule has 0 saturated carbocycles. The maximum atomic E-state index is 13.4. The lowest BCUT2D eigenvalue weighted by Gasteiger charge is -2.34. The predicted molar refractivity (Wildman–Crippen MR) is 112 cm³/mol. The van der Waals surface area contributed by atoms with Crippen molar-refractivity contribution in [2.45, 2.75) is 13.1 Å². The molecule has 1 aliphatic rings. The molecule has 1 amide bonds. The van der Waals surface area contributed by atoms with Crippen LogP contribution in [0, 0.1) is 5.82 Å². The number of halogens is 1. The molecule has 1 fully saturated rings. The van der Waals surface area contributed by atoms with Crippen molar-refractivity contribution in [3.05, 3.63) is 99.7 Å². The Kier molecular flexibility index (Phi) is 5.99. The molecule has 3 aromatic rings. The highest BCUT2D eigenvalue weighted by Crippen LogP contribution is 2.11. The Morgan fingerprint density at radius 2 is 1.60 bits per heavy atom. The van der Waals surface area contributed by atoms with Gasteiger partial charge >= 0.3 is 0 Å². The Labute approximate surface area is 174 Å². The maximum Gasteiger partial charge on any atom is 0.274 e.